The Morgan fingerprint density at radius 2 is 2.00 bits per heavy atom. The van der Waals surface area contributed by atoms with Crippen LogP contribution >= 0.6 is 0 Å². The first-order valence-electron chi connectivity index (χ1n) is 5.79. The molecule has 3 N–H and O–H groups in total. The molecule has 1 aromatic carbocycles. The Balaban J connectivity index is 2.38. The molecule has 0 unspecified atom stereocenters. The number of hydrogen-bond acceptors (Lipinski definition) is 6. The van der Waals surface area contributed by atoms with Gasteiger partial charge >= 0.3 is 0 Å². The van der Waals surface area contributed by atoms with E-state index in [2.05, 4.69) is 9.71 Å². The number of hydrogen-bond donors (Lipinski definition) is 2. The Hall–Kier alpha value is -2.68. The molecule has 0 atom stereocenters. The number of pyridine rings is 1. The second-order valence-corrected chi connectivity index (χ2v) is 5.97. The fourth-order valence-corrected chi connectivity index (χ4v) is 2.70. The molecule has 9 heteroatoms. The van der Waals surface area contributed by atoms with Gasteiger partial charge in [0.25, 0.3) is 15.7 Å². The van der Waals surface area contributed by atoms with Crippen LogP contribution in [0.2, 0.25) is 0 Å². The van der Waals surface area contributed by atoms with Gasteiger partial charge in [0, 0.05) is 11.6 Å². The van der Waals surface area contributed by atoms with Crippen molar-refractivity contribution in [3.05, 3.63) is 52.2 Å². The van der Waals surface area contributed by atoms with Crippen molar-refractivity contribution in [2.75, 3.05) is 10.5 Å². The average Bonchev–Trinajstić information content (AvgIpc) is 2.41. The van der Waals surface area contributed by atoms with Gasteiger partial charge < -0.3 is 5.73 Å². The summed E-state index contributed by atoms with van der Waals surface area (Å²) in [6.07, 6.45) is 1.26. The van der Waals surface area contributed by atoms with E-state index in [1.807, 2.05) is 0 Å². The summed E-state index contributed by atoms with van der Waals surface area (Å²) in [6.45, 7) is 1.53. The molecule has 0 aliphatic carbocycles. The number of nitrogens with one attached hydrogen (secondary N) is 1. The molecule has 8 nitrogen and oxygen atoms in total. The van der Waals surface area contributed by atoms with Crippen molar-refractivity contribution in [3.8, 4) is 0 Å². The molecule has 0 aliphatic heterocycles. The van der Waals surface area contributed by atoms with Gasteiger partial charge in [-0.2, -0.15) is 0 Å². The number of sulfonamides is 1. The summed E-state index contributed by atoms with van der Waals surface area (Å²) in [5.41, 5.74) is 5.75. The summed E-state index contributed by atoms with van der Waals surface area (Å²) in [4.78, 5) is 13.8. The van der Waals surface area contributed by atoms with E-state index in [1.54, 1.807) is 0 Å². The van der Waals surface area contributed by atoms with E-state index in [0.29, 0.717) is 5.56 Å². The van der Waals surface area contributed by atoms with Crippen molar-refractivity contribution in [2.24, 2.45) is 0 Å². The summed E-state index contributed by atoms with van der Waals surface area (Å²) < 4.78 is 26.6. The van der Waals surface area contributed by atoms with Gasteiger partial charge in [0.15, 0.2) is 0 Å². The highest BCUT2D eigenvalue weighted by Crippen LogP contribution is 2.23. The van der Waals surface area contributed by atoms with Crippen LogP contribution in [0, 0.1) is 17.0 Å². The van der Waals surface area contributed by atoms with Crippen LogP contribution in [0.15, 0.2) is 41.4 Å². The summed E-state index contributed by atoms with van der Waals surface area (Å²) in [7, 11) is -3.93. The molecule has 0 spiro atoms. The molecule has 21 heavy (non-hydrogen) atoms. The first-order chi connectivity index (χ1) is 9.79. The number of rotatable bonds is 4. The third-order valence-corrected chi connectivity index (χ3v) is 4.11. The topological polar surface area (TPSA) is 128 Å². The van der Waals surface area contributed by atoms with Crippen LogP contribution in [0.5, 0.6) is 0 Å². The van der Waals surface area contributed by atoms with Gasteiger partial charge in [0.05, 0.1) is 21.7 Å². The second-order valence-electron chi connectivity index (χ2n) is 4.28. The highest BCUT2D eigenvalue weighted by Gasteiger charge is 2.19. The van der Waals surface area contributed by atoms with Gasteiger partial charge in [0.2, 0.25) is 0 Å². The maximum atomic E-state index is 12.2. The van der Waals surface area contributed by atoms with Gasteiger partial charge in [-0.3, -0.25) is 14.8 Å². The van der Waals surface area contributed by atoms with Crippen molar-refractivity contribution in [1.82, 2.24) is 4.98 Å². The third-order valence-electron chi connectivity index (χ3n) is 2.73. The van der Waals surface area contributed by atoms with Gasteiger partial charge in [-0.25, -0.2) is 13.4 Å². The van der Waals surface area contributed by atoms with Crippen LogP contribution in [-0.2, 0) is 10.0 Å². The summed E-state index contributed by atoms with van der Waals surface area (Å²) in [5, 5.41) is 10.9. The average molecular weight is 308 g/mol. The van der Waals surface area contributed by atoms with Crippen molar-refractivity contribution in [2.45, 2.75) is 11.8 Å². The molecule has 0 saturated carbocycles. The Morgan fingerprint density at radius 1 is 1.29 bits per heavy atom. The molecule has 0 bridgehead atoms. The van der Waals surface area contributed by atoms with Crippen molar-refractivity contribution in [3.63, 3.8) is 0 Å². The minimum atomic E-state index is -3.93. The largest absolute Gasteiger partial charge is 0.384 e. The van der Waals surface area contributed by atoms with Crippen LogP contribution in [-0.4, -0.2) is 18.3 Å². The van der Waals surface area contributed by atoms with Crippen molar-refractivity contribution >= 4 is 27.2 Å². The molecule has 0 radical (unpaired) electrons. The number of benzene rings is 1. The molecule has 1 heterocycles. The van der Waals surface area contributed by atoms with E-state index in [0.717, 1.165) is 6.07 Å². The second kappa shape index (κ2) is 5.37. The van der Waals surface area contributed by atoms with E-state index in [-0.39, 0.29) is 22.1 Å². The Kier molecular flexibility index (Phi) is 3.76. The maximum Gasteiger partial charge on any atom is 0.273 e. The van der Waals surface area contributed by atoms with Gasteiger partial charge in [-0.1, -0.05) is 6.07 Å². The predicted molar refractivity (Wildman–Crippen MR) is 77.3 cm³/mol. The first-order valence-corrected chi connectivity index (χ1v) is 7.27. The molecule has 0 aliphatic rings. The third kappa shape index (κ3) is 3.26. The van der Waals surface area contributed by atoms with E-state index >= 15 is 0 Å². The van der Waals surface area contributed by atoms with E-state index in [1.165, 1.54) is 37.4 Å². The lowest BCUT2D eigenvalue weighted by atomic mass is 10.2. The van der Waals surface area contributed by atoms with E-state index in [9.17, 15) is 18.5 Å². The Morgan fingerprint density at radius 3 is 2.57 bits per heavy atom. The normalized spacial score (nSPS) is 11.1. The van der Waals surface area contributed by atoms with Crippen LogP contribution in [0.4, 0.5) is 17.2 Å². The summed E-state index contributed by atoms with van der Waals surface area (Å²) >= 11 is 0. The predicted octanol–water partition coefficient (Wildman–Crippen LogP) is 1.68. The minimum absolute atomic E-state index is 0.198. The lowest BCUT2D eigenvalue weighted by Gasteiger charge is -2.08. The summed E-state index contributed by atoms with van der Waals surface area (Å²) in [5.74, 6) is 0.254. The van der Waals surface area contributed by atoms with Crippen LogP contribution in [0.3, 0.4) is 0 Å². The van der Waals surface area contributed by atoms with Crippen molar-refractivity contribution < 1.29 is 13.3 Å². The SMILES string of the molecule is Cc1ccc(S(=O)(=O)Nc2ccc(N)nc2)cc1[N+](=O)[O-]. The lowest BCUT2D eigenvalue weighted by molar-refractivity contribution is -0.385. The molecule has 0 amide bonds. The van der Waals surface area contributed by atoms with E-state index in [4.69, 9.17) is 5.73 Å². The molecule has 0 saturated heterocycles. The molecule has 0 fully saturated rings. The van der Waals surface area contributed by atoms with Crippen LogP contribution in [0.25, 0.3) is 0 Å². The van der Waals surface area contributed by atoms with Gasteiger partial charge in [-0.05, 0) is 25.1 Å². The van der Waals surface area contributed by atoms with Crippen LogP contribution < -0.4 is 10.5 Å². The smallest absolute Gasteiger partial charge is 0.273 e. The number of nitrogens with two attached hydrogens (primary N) is 1. The zero-order chi connectivity index (χ0) is 15.6. The standard InChI is InChI=1S/C12H12N4O4S/c1-8-2-4-10(6-11(8)16(17)18)21(19,20)15-9-3-5-12(13)14-7-9/h2-7,15H,1H3,(H2,13,14). The number of nitro benzene ring substituents is 1. The quantitative estimate of drug-likeness (QED) is 0.653. The fraction of sp³-hybridized carbons (Fsp3) is 0.0833. The zero-order valence-electron chi connectivity index (χ0n) is 11.0. The molecule has 2 rings (SSSR count). The number of anilines is 2. The monoisotopic (exact) mass is 308 g/mol. The number of nitrogen functional groups attached to an aromatic ring is 1. The molecular formula is C12H12N4O4S. The zero-order valence-corrected chi connectivity index (χ0v) is 11.8. The molecule has 110 valence electrons. The fourth-order valence-electron chi connectivity index (χ4n) is 1.63. The molecule has 2 aromatic rings. The molecular weight excluding hydrogens is 296 g/mol. The minimum Gasteiger partial charge on any atom is -0.384 e. The lowest BCUT2D eigenvalue weighted by Crippen LogP contribution is -2.13. The van der Waals surface area contributed by atoms with Gasteiger partial charge in [0.1, 0.15) is 5.82 Å². The maximum absolute atomic E-state index is 12.2. The first kappa shape index (κ1) is 14.7. The molecule has 1 aromatic heterocycles. The number of aryl methyl sites for hydroxylation is 1. The Bertz CT molecular complexity index is 787. The van der Waals surface area contributed by atoms with E-state index < -0.39 is 14.9 Å². The highest BCUT2D eigenvalue weighted by molar-refractivity contribution is 7.92. The Labute approximate surface area is 120 Å². The highest BCUT2D eigenvalue weighted by atomic mass is 32.2. The van der Waals surface area contributed by atoms with Crippen molar-refractivity contribution in [1.29, 1.82) is 0 Å². The number of nitrogens with zero attached hydrogens (tertiary/aromatic N) is 2. The van der Waals surface area contributed by atoms with Crippen LogP contribution in [0.1, 0.15) is 5.56 Å². The number of nitro groups is 1. The number of aromatic nitrogens is 1. The summed E-state index contributed by atoms with van der Waals surface area (Å²) in [6, 6.07) is 6.59. The van der Waals surface area contributed by atoms with Gasteiger partial charge in [-0.15, -0.1) is 0 Å².